The van der Waals surface area contributed by atoms with Crippen LogP contribution < -0.4 is 10.2 Å². The molecule has 0 aliphatic heterocycles. The molecule has 6 heteroatoms. The second kappa shape index (κ2) is 9.22. The summed E-state index contributed by atoms with van der Waals surface area (Å²) in [4.78, 5) is 19.4. The number of nitrogens with one attached hydrogen (secondary N) is 1. The molecule has 0 saturated carbocycles. The molecular formula is C26H29N5O. The molecule has 2 heterocycles. The fourth-order valence-electron chi connectivity index (χ4n) is 4.01. The van der Waals surface area contributed by atoms with E-state index in [2.05, 4.69) is 51.6 Å². The van der Waals surface area contributed by atoms with Gasteiger partial charge in [-0.2, -0.15) is 5.10 Å². The monoisotopic (exact) mass is 427 g/mol. The highest BCUT2D eigenvalue weighted by atomic mass is 16.1. The van der Waals surface area contributed by atoms with E-state index in [0.717, 1.165) is 46.2 Å². The van der Waals surface area contributed by atoms with Gasteiger partial charge in [0.25, 0.3) is 0 Å². The number of nitrogens with zero attached hydrogens (tertiary/aromatic N) is 4. The molecule has 32 heavy (non-hydrogen) atoms. The maximum absolute atomic E-state index is 12.6. The number of hydrogen-bond donors (Lipinski definition) is 1. The highest BCUT2D eigenvalue weighted by Crippen LogP contribution is 2.20. The van der Waals surface area contributed by atoms with Gasteiger partial charge in [0.2, 0.25) is 5.91 Å². The van der Waals surface area contributed by atoms with Crippen LogP contribution in [0.4, 0.5) is 11.4 Å². The molecule has 0 spiro atoms. The van der Waals surface area contributed by atoms with E-state index in [1.54, 1.807) is 0 Å². The minimum atomic E-state index is -0.00840. The molecule has 2 aromatic carbocycles. The summed E-state index contributed by atoms with van der Waals surface area (Å²) < 4.78 is 1.86. The molecule has 4 aromatic rings. The van der Waals surface area contributed by atoms with Crippen LogP contribution in [0.2, 0.25) is 0 Å². The Morgan fingerprint density at radius 3 is 2.47 bits per heavy atom. The van der Waals surface area contributed by atoms with Crippen LogP contribution in [0, 0.1) is 20.8 Å². The van der Waals surface area contributed by atoms with Crippen molar-refractivity contribution in [3.8, 4) is 0 Å². The summed E-state index contributed by atoms with van der Waals surface area (Å²) in [6, 6.07) is 20.3. The Kier molecular flexibility index (Phi) is 6.21. The van der Waals surface area contributed by atoms with Crippen LogP contribution in [0.15, 0.2) is 60.7 Å². The van der Waals surface area contributed by atoms with Gasteiger partial charge >= 0.3 is 0 Å². The van der Waals surface area contributed by atoms with Crippen LogP contribution in [0.3, 0.4) is 0 Å². The Morgan fingerprint density at radius 1 is 1.03 bits per heavy atom. The van der Waals surface area contributed by atoms with Crippen molar-refractivity contribution in [2.75, 3.05) is 17.3 Å². The number of aromatic nitrogens is 3. The lowest BCUT2D eigenvalue weighted by Crippen LogP contribution is -2.17. The lowest BCUT2D eigenvalue weighted by atomic mass is 10.1. The summed E-state index contributed by atoms with van der Waals surface area (Å²) in [6.07, 6.45) is 1.02. The fraction of sp³-hybridized carbons (Fsp3) is 0.269. The third-order valence-electron chi connectivity index (χ3n) is 5.74. The minimum Gasteiger partial charge on any atom is -0.370 e. The molecule has 0 saturated heterocycles. The van der Waals surface area contributed by atoms with Gasteiger partial charge in [0.15, 0.2) is 5.65 Å². The van der Waals surface area contributed by atoms with Crippen LogP contribution in [-0.4, -0.2) is 27.6 Å². The summed E-state index contributed by atoms with van der Waals surface area (Å²) in [5.41, 5.74) is 8.02. The summed E-state index contributed by atoms with van der Waals surface area (Å²) in [5.74, 6) is -0.00840. The fourth-order valence-corrected chi connectivity index (χ4v) is 4.01. The number of anilines is 2. The number of carbonyl (C=O) groups is 1. The standard InChI is InChI=1S/C26H29N5O/c1-18-16-25-27-19(2)24(20(3)31(25)29-18)14-15-26(32)28-22-10-12-23(13-11-22)30(4)17-21-8-6-5-7-9-21/h5-13,16H,14-15,17H2,1-4H3,(H,28,32). The molecule has 0 radical (unpaired) electrons. The average Bonchev–Trinajstić information content (AvgIpc) is 3.15. The molecule has 0 aliphatic carbocycles. The molecule has 0 fully saturated rings. The largest absolute Gasteiger partial charge is 0.370 e. The first-order valence-electron chi connectivity index (χ1n) is 10.9. The summed E-state index contributed by atoms with van der Waals surface area (Å²) in [7, 11) is 2.07. The van der Waals surface area contributed by atoms with E-state index >= 15 is 0 Å². The number of carbonyl (C=O) groups excluding carboxylic acids is 1. The van der Waals surface area contributed by atoms with Crippen molar-refractivity contribution in [1.82, 2.24) is 14.6 Å². The van der Waals surface area contributed by atoms with Crippen molar-refractivity contribution in [1.29, 1.82) is 0 Å². The molecule has 6 nitrogen and oxygen atoms in total. The Balaban J connectivity index is 1.36. The van der Waals surface area contributed by atoms with Crippen molar-refractivity contribution < 1.29 is 4.79 Å². The first kappa shape index (κ1) is 21.6. The van der Waals surface area contributed by atoms with Gasteiger partial charge in [0.1, 0.15) is 0 Å². The number of rotatable bonds is 7. The van der Waals surface area contributed by atoms with Crippen LogP contribution in [0.25, 0.3) is 5.65 Å². The first-order chi connectivity index (χ1) is 15.4. The van der Waals surface area contributed by atoms with E-state index in [1.807, 2.05) is 61.7 Å². The van der Waals surface area contributed by atoms with E-state index < -0.39 is 0 Å². The highest BCUT2D eigenvalue weighted by molar-refractivity contribution is 5.91. The van der Waals surface area contributed by atoms with Gasteiger partial charge < -0.3 is 10.2 Å². The number of aryl methyl sites for hydroxylation is 3. The second-order valence-electron chi connectivity index (χ2n) is 8.25. The Morgan fingerprint density at radius 2 is 1.75 bits per heavy atom. The van der Waals surface area contributed by atoms with Crippen molar-refractivity contribution in [3.05, 3.63) is 88.9 Å². The molecule has 0 aliphatic rings. The molecule has 164 valence electrons. The maximum Gasteiger partial charge on any atom is 0.224 e. The molecule has 1 N–H and O–H groups in total. The van der Waals surface area contributed by atoms with Gasteiger partial charge in [-0.1, -0.05) is 30.3 Å². The topological polar surface area (TPSA) is 62.5 Å². The van der Waals surface area contributed by atoms with E-state index in [4.69, 9.17) is 0 Å². The minimum absolute atomic E-state index is 0.00840. The molecule has 0 unspecified atom stereocenters. The zero-order chi connectivity index (χ0) is 22.7. The van der Waals surface area contributed by atoms with Gasteiger partial charge in [-0.15, -0.1) is 0 Å². The van der Waals surface area contributed by atoms with Crippen LogP contribution in [-0.2, 0) is 17.8 Å². The number of fused-ring (bicyclic) bond motifs is 1. The summed E-state index contributed by atoms with van der Waals surface area (Å²) in [5, 5.41) is 7.52. The van der Waals surface area contributed by atoms with Gasteiger partial charge in [-0.05, 0) is 62.6 Å². The van der Waals surface area contributed by atoms with Crippen molar-refractivity contribution in [3.63, 3.8) is 0 Å². The lowest BCUT2D eigenvalue weighted by Gasteiger charge is -2.20. The SMILES string of the molecule is Cc1cc2nc(C)c(CCC(=O)Nc3ccc(N(C)Cc4ccccc4)cc3)c(C)n2n1. The number of benzene rings is 2. The lowest BCUT2D eigenvalue weighted by molar-refractivity contribution is -0.116. The normalized spacial score (nSPS) is 11.0. The average molecular weight is 428 g/mol. The second-order valence-corrected chi connectivity index (χ2v) is 8.25. The zero-order valence-electron chi connectivity index (χ0n) is 19.1. The molecule has 1 amide bonds. The predicted octanol–water partition coefficient (Wildman–Crippen LogP) is 4.86. The van der Waals surface area contributed by atoms with Crippen molar-refractivity contribution >= 4 is 22.9 Å². The summed E-state index contributed by atoms with van der Waals surface area (Å²) >= 11 is 0. The third kappa shape index (κ3) is 4.80. The third-order valence-corrected chi connectivity index (χ3v) is 5.74. The van der Waals surface area contributed by atoms with E-state index in [-0.39, 0.29) is 5.91 Å². The summed E-state index contributed by atoms with van der Waals surface area (Å²) in [6.45, 7) is 6.82. The van der Waals surface area contributed by atoms with Crippen LogP contribution >= 0.6 is 0 Å². The highest BCUT2D eigenvalue weighted by Gasteiger charge is 2.13. The van der Waals surface area contributed by atoms with Gasteiger partial charge in [0.05, 0.1) is 5.69 Å². The zero-order valence-corrected chi connectivity index (χ0v) is 19.1. The quantitative estimate of drug-likeness (QED) is 0.457. The van der Waals surface area contributed by atoms with E-state index in [0.29, 0.717) is 12.8 Å². The van der Waals surface area contributed by atoms with E-state index in [1.165, 1.54) is 5.56 Å². The molecule has 2 aromatic heterocycles. The Bertz CT molecular complexity index is 1230. The van der Waals surface area contributed by atoms with Gasteiger partial charge in [0, 0.05) is 48.8 Å². The number of amides is 1. The number of hydrogen-bond acceptors (Lipinski definition) is 4. The van der Waals surface area contributed by atoms with Crippen LogP contribution in [0.1, 0.15) is 34.6 Å². The van der Waals surface area contributed by atoms with E-state index in [9.17, 15) is 4.79 Å². The Hall–Kier alpha value is -3.67. The van der Waals surface area contributed by atoms with Crippen molar-refractivity contribution in [2.45, 2.75) is 40.2 Å². The molecular weight excluding hydrogens is 398 g/mol. The smallest absolute Gasteiger partial charge is 0.224 e. The predicted molar refractivity (Wildman–Crippen MR) is 129 cm³/mol. The van der Waals surface area contributed by atoms with Crippen LogP contribution in [0.5, 0.6) is 0 Å². The molecule has 0 bridgehead atoms. The van der Waals surface area contributed by atoms with Gasteiger partial charge in [-0.3, -0.25) is 4.79 Å². The Labute approximate surface area is 188 Å². The maximum atomic E-state index is 12.6. The first-order valence-corrected chi connectivity index (χ1v) is 10.9. The molecule has 4 rings (SSSR count). The van der Waals surface area contributed by atoms with Gasteiger partial charge in [-0.25, -0.2) is 9.50 Å². The molecule has 0 atom stereocenters. The van der Waals surface area contributed by atoms with Crippen molar-refractivity contribution in [2.24, 2.45) is 0 Å².